The van der Waals surface area contributed by atoms with E-state index in [4.69, 9.17) is 16.7 Å². The van der Waals surface area contributed by atoms with Crippen LogP contribution in [-0.2, 0) is 6.42 Å². The van der Waals surface area contributed by atoms with Gasteiger partial charge in [-0.05, 0) is 18.2 Å². The second-order valence-corrected chi connectivity index (χ2v) is 3.96. The number of halogens is 1. The van der Waals surface area contributed by atoms with Crippen molar-refractivity contribution < 1.29 is 14.4 Å². The van der Waals surface area contributed by atoms with Crippen molar-refractivity contribution >= 4 is 23.3 Å². The topological polar surface area (TPSA) is 88.2 Å². The van der Waals surface area contributed by atoms with Crippen molar-refractivity contribution in [1.29, 1.82) is 0 Å². The van der Waals surface area contributed by atoms with Crippen LogP contribution in [0.3, 0.4) is 0 Å². The van der Waals surface area contributed by atoms with Gasteiger partial charge >= 0.3 is 5.97 Å². The van der Waals surface area contributed by atoms with E-state index in [-0.39, 0.29) is 5.56 Å². The summed E-state index contributed by atoms with van der Waals surface area (Å²) in [5.74, 6) is -0.449. The lowest BCUT2D eigenvalue weighted by molar-refractivity contribution is 0.0698. The number of carbonyl (C=O) groups is 1. The Morgan fingerprint density at radius 3 is 3.00 bits per heavy atom. The number of hydrogen-bond acceptors (Lipinski definition) is 5. The molecule has 1 heterocycles. The number of hydrogen-bond donors (Lipinski definition) is 2. The van der Waals surface area contributed by atoms with Crippen molar-refractivity contribution in [3.63, 3.8) is 0 Å². The van der Waals surface area contributed by atoms with Gasteiger partial charge in [-0.25, -0.2) is 4.79 Å². The lowest BCUT2D eigenvalue weighted by Gasteiger charge is -2.08. The first kappa shape index (κ1) is 12.4. The Morgan fingerprint density at radius 1 is 1.50 bits per heavy atom. The minimum Gasteiger partial charge on any atom is -0.478 e. The normalized spacial score (nSPS) is 10.3. The van der Waals surface area contributed by atoms with Gasteiger partial charge in [0.1, 0.15) is 0 Å². The molecule has 0 radical (unpaired) electrons. The molecule has 6 nitrogen and oxygen atoms in total. The predicted molar refractivity (Wildman–Crippen MR) is 64.9 cm³/mol. The smallest absolute Gasteiger partial charge is 0.337 e. The van der Waals surface area contributed by atoms with Crippen LogP contribution in [0.1, 0.15) is 16.2 Å². The zero-order chi connectivity index (χ0) is 13.0. The minimum absolute atomic E-state index is 0.174. The van der Waals surface area contributed by atoms with E-state index in [1.807, 2.05) is 0 Å². The van der Waals surface area contributed by atoms with Gasteiger partial charge in [0.15, 0.2) is 5.82 Å². The monoisotopic (exact) mass is 267 g/mol. The SMILES string of the molecule is O=C(O)c1ccc(Cl)cc1NCCc1ncon1. The molecule has 0 unspecified atom stereocenters. The number of rotatable bonds is 5. The summed E-state index contributed by atoms with van der Waals surface area (Å²) >= 11 is 5.83. The van der Waals surface area contributed by atoms with Crippen LogP contribution in [0.25, 0.3) is 0 Å². The minimum atomic E-state index is -1.01. The highest BCUT2D eigenvalue weighted by molar-refractivity contribution is 6.31. The first-order chi connectivity index (χ1) is 8.66. The third kappa shape index (κ3) is 2.98. The molecule has 1 aromatic carbocycles. The molecule has 0 amide bonds. The van der Waals surface area contributed by atoms with Gasteiger partial charge in [0.25, 0.3) is 0 Å². The van der Waals surface area contributed by atoms with Gasteiger partial charge in [0, 0.05) is 18.0 Å². The largest absolute Gasteiger partial charge is 0.478 e. The average molecular weight is 268 g/mol. The standard InChI is InChI=1S/C11H10ClN3O3/c12-7-1-2-8(11(16)17)9(5-7)13-4-3-10-14-6-18-15-10/h1-2,5-6,13H,3-4H2,(H,16,17). The third-order valence-electron chi connectivity index (χ3n) is 2.28. The van der Waals surface area contributed by atoms with Gasteiger partial charge in [-0.2, -0.15) is 4.98 Å². The van der Waals surface area contributed by atoms with Crippen molar-refractivity contribution in [2.45, 2.75) is 6.42 Å². The number of aromatic carboxylic acids is 1. The Labute approximate surface area is 108 Å². The maximum Gasteiger partial charge on any atom is 0.337 e. The summed E-state index contributed by atoms with van der Waals surface area (Å²) in [6, 6.07) is 4.57. The Morgan fingerprint density at radius 2 is 2.33 bits per heavy atom. The summed E-state index contributed by atoms with van der Waals surface area (Å²) in [7, 11) is 0. The van der Waals surface area contributed by atoms with E-state index < -0.39 is 5.97 Å². The summed E-state index contributed by atoms with van der Waals surface area (Å²) in [5.41, 5.74) is 0.644. The van der Waals surface area contributed by atoms with Crippen LogP contribution in [0.5, 0.6) is 0 Å². The number of nitrogens with zero attached hydrogens (tertiary/aromatic N) is 2. The quantitative estimate of drug-likeness (QED) is 0.862. The molecule has 0 aliphatic heterocycles. The molecule has 0 atom stereocenters. The van der Waals surface area contributed by atoms with E-state index in [1.165, 1.54) is 18.5 Å². The molecule has 2 N–H and O–H groups in total. The highest BCUT2D eigenvalue weighted by Gasteiger charge is 2.10. The van der Waals surface area contributed by atoms with E-state index in [1.54, 1.807) is 6.07 Å². The first-order valence-corrected chi connectivity index (χ1v) is 5.56. The van der Waals surface area contributed by atoms with Crippen LogP contribution in [0.4, 0.5) is 5.69 Å². The number of benzene rings is 1. The molecule has 94 valence electrons. The molecule has 2 rings (SSSR count). The number of aromatic nitrogens is 2. The Balaban J connectivity index is 2.03. The Kier molecular flexibility index (Phi) is 3.78. The van der Waals surface area contributed by atoms with Crippen LogP contribution in [0, 0.1) is 0 Å². The zero-order valence-corrected chi connectivity index (χ0v) is 10.0. The molecule has 0 aliphatic carbocycles. The molecule has 0 spiro atoms. The average Bonchev–Trinajstić information content (AvgIpc) is 2.82. The van der Waals surface area contributed by atoms with Crippen molar-refractivity contribution in [3.05, 3.63) is 41.0 Å². The summed E-state index contributed by atoms with van der Waals surface area (Å²) in [6.45, 7) is 0.486. The van der Waals surface area contributed by atoms with Crippen molar-refractivity contribution in [3.8, 4) is 0 Å². The van der Waals surface area contributed by atoms with Crippen molar-refractivity contribution in [2.24, 2.45) is 0 Å². The molecular formula is C11H10ClN3O3. The molecule has 2 aromatic rings. The molecule has 0 bridgehead atoms. The van der Waals surface area contributed by atoms with Crippen LogP contribution in [0.2, 0.25) is 5.02 Å². The molecule has 18 heavy (non-hydrogen) atoms. The van der Waals surface area contributed by atoms with Crippen LogP contribution < -0.4 is 5.32 Å². The molecule has 0 aliphatic rings. The van der Waals surface area contributed by atoms with Gasteiger partial charge in [0.05, 0.1) is 11.3 Å². The van der Waals surface area contributed by atoms with E-state index in [0.717, 1.165) is 0 Å². The summed E-state index contributed by atoms with van der Waals surface area (Å²) in [4.78, 5) is 14.9. The molecular weight excluding hydrogens is 258 g/mol. The zero-order valence-electron chi connectivity index (χ0n) is 9.26. The maximum absolute atomic E-state index is 11.0. The van der Waals surface area contributed by atoms with Gasteiger partial charge in [0.2, 0.25) is 6.39 Å². The lowest BCUT2D eigenvalue weighted by atomic mass is 10.2. The molecule has 7 heteroatoms. The van der Waals surface area contributed by atoms with Crippen molar-refractivity contribution in [1.82, 2.24) is 10.1 Å². The van der Waals surface area contributed by atoms with E-state index in [2.05, 4.69) is 20.0 Å². The number of nitrogens with one attached hydrogen (secondary N) is 1. The van der Waals surface area contributed by atoms with E-state index >= 15 is 0 Å². The number of anilines is 1. The maximum atomic E-state index is 11.0. The second-order valence-electron chi connectivity index (χ2n) is 3.52. The lowest BCUT2D eigenvalue weighted by Crippen LogP contribution is -2.10. The van der Waals surface area contributed by atoms with Crippen LogP contribution in [0.15, 0.2) is 29.1 Å². The predicted octanol–water partition coefficient (Wildman–Crippen LogP) is 2.08. The van der Waals surface area contributed by atoms with Crippen LogP contribution in [-0.4, -0.2) is 27.8 Å². The molecule has 0 fully saturated rings. The molecule has 0 saturated heterocycles. The Bertz CT molecular complexity index is 542. The fourth-order valence-electron chi connectivity index (χ4n) is 1.46. The van der Waals surface area contributed by atoms with E-state index in [9.17, 15) is 4.79 Å². The van der Waals surface area contributed by atoms with Gasteiger partial charge in [-0.15, -0.1) is 0 Å². The van der Waals surface area contributed by atoms with Crippen LogP contribution >= 0.6 is 11.6 Å². The fraction of sp³-hybridized carbons (Fsp3) is 0.182. The fourth-order valence-corrected chi connectivity index (χ4v) is 1.63. The number of carboxylic acids is 1. The van der Waals surface area contributed by atoms with Gasteiger partial charge in [-0.3, -0.25) is 0 Å². The molecule has 0 saturated carbocycles. The Hall–Kier alpha value is -2.08. The van der Waals surface area contributed by atoms with Gasteiger partial charge < -0.3 is 14.9 Å². The van der Waals surface area contributed by atoms with Gasteiger partial charge in [-0.1, -0.05) is 16.8 Å². The second kappa shape index (κ2) is 5.50. The summed E-state index contributed by atoms with van der Waals surface area (Å²) in [6.07, 6.45) is 1.78. The first-order valence-electron chi connectivity index (χ1n) is 5.19. The summed E-state index contributed by atoms with van der Waals surface area (Å²) < 4.78 is 4.59. The third-order valence-corrected chi connectivity index (χ3v) is 2.52. The highest BCUT2D eigenvalue weighted by Crippen LogP contribution is 2.21. The number of carboxylic acid groups (broad SMARTS) is 1. The summed E-state index contributed by atoms with van der Waals surface area (Å²) in [5, 5.41) is 16.1. The van der Waals surface area contributed by atoms with E-state index in [0.29, 0.717) is 29.5 Å². The molecule has 1 aromatic heterocycles. The highest BCUT2D eigenvalue weighted by atomic mass is 35.5. The van der Waals surface area contributed by atoms with Crippen molar-refractivity contribution in [2.75, 3.05) is 11.9 Å².